The molecule has 0 aliphatic carbocycles. The van der Waals surface area contributed by atoms with Crippen molar-refractivity contribution in [1.29, 1.82) is 0 Å². The van der Waals surface area contributed by atoms with E-state index in [1.807, 2.05) is 36.9 Å². The molecule has 1 N–H and O–H groups in total. The zero-order valence-electron chi connectivity index (χ0n) is 15.6. The van der Waals surface area contributed by atoms with Crippen molar-refractivity contribution in [2.45, 2.75) is 45.6 Å². The molecular weight excluding hydrogens is 394 g/mol. The maximum atomic E-state index is 12.6. The highest BCUT2D eigenvalue weighted by molar-refractivity contribution is 9.10. The fraction of sp³-hybridized carbons (Fsp3) is 0.600. The number of likely N-dealkylation sites (tertiary alicyclic amines) is 2. The molecule has 0 unspecified atom stereocenters. The number of anilines is 1. The molecule has 6 heteroatoms. The van der Waals surface area contributed by atoms with Crippen LogP contribution >= 0.6 is 15.9 Å². The van der Waals surface area contributed by atoms with Gasteiger partial charge in [-0.25, -0.2) is 0 Å². The van der Waals surface area contributed by atoms with Gasteiger partial charge in [0.25, 0.3) is 0 Å². The Bertz CT molecular complexity index is 665. The van der Waals surface area contributed by atoms with Crippen molar-refractivity contribution in [3.63, 3.8) is 0 Å². The molecule has 2 heterocycles. The van der Waals surface area contributed by atoms with Gasteiger partial charge >= 0.3 is 0 Å². The van der Waals surface area contributed by atoms with Crippen LogP contribution in [0.5, 0.6) is 0 Å². The van der Waals surface area contributed by atoms with Gasteiger partial charge in [-0.15, -0.1) is 0 Å². The molecule has 2 aliphatic rings. The van der Waals surface area contributed by atoms with Crippen molar-refractivity contribution in [2.24, 2.45) is 5.92 Å². The molecule has 1 aromatic carbocycles. The molecule has 2 fully saturated rings. The van der Waals surface area contributed by atoms with Crippen LogP contribution in [0.4, 0.5) is 5.69 Å². The maximum absolute atomic E-state index is 12.6. The number of nitrogens with zero attached hydrogens (tertiary/aromatic N) is 2. The van der Waals surface area contributed by atoms with E-state index >= 15 is 0 Å². The van der Waals surface area contributed by atoms with E-state index in [1.165, 1.54) is 0 Å². The minimum Gasteiger partial charge on any atom is -0.342 e. The number of hydrogen-bond donors (Lipinski definition) is 1. The van der Waals surface area contributed by atoms with Crippen LogP contribution < -0.4 is 5.32 Å². The summed E-state index contributed by atoms with van der Waals surface area (Å²) in [7, 11) is 0. The zero-order valence-corrected chi connectivity index (χ0v) is 17.2. The number of rotatable bonds is 4. The average Bonchev–Trinajstić information content (AvgIpc) is 3.17. The molecule has 142 valence electrons. The topological polar surface area (TPSA) is 52.7 Å². The number of piperidine rings is 1. The Kier molecular flexibility index (Phi) is 6.35. The van der Waals surface area contributed by atoms with Crippen LogP contribution in [0.25, 0.3) is 0 Å². The lowest BCUT2D eigenvalue weighted by Crippen LogP contribution is -2.48. The van der Waals surface area contributed by atoms with Crippen molar-refractivity contribution in [1.82, 2.24) is 9.80 Å². The lowest BCUT2D eigenvalue weighted by Gasteiger charge is -2.36. The summed E-state index contributed by atoms with van der Waals surface area (Å²) >= 11 is 3.51. The van der Waals surface area contributed by atoms with Gasteiger partial charge in [0.15, 0.2) is 0 Å². The van der Waals surface area contributed by atoms with Crippen molar-refractivity contribution in [3.05, 3.63) is 28.2 Å². The number of nitrogens with one attached hydrogen (secondary N) is 1. The van der Waals surface area contributed by atoms with Crippen molar-refractivity contribution < 1.29 is 9.59 Å². The van der Waals surface area contributed by atoms with Crippen LogP contribution in [0.2, 0.25) is 0 Å². The minimum atomic E-state index is -0.203. The number of carbonyl (C=O) groups excluding carboxylic acids is 2. The zero-order chi connectivity index (χ0) is 18.7. The number of halogens is 1. The molecule has 1 atom stereocenters. The second-order valence-electron chi connectivity index (χ2n) is 7.49. The van der Waals surface area contributed by atoms with Gasteiger partial charge in [0.2, 0.25) is 11.8 Å². The standard InChI is InChI=1S/C20H28BrN3O2/c1-14-5-6-18(17(21)13-14)22-19(25)15(2)23-11-7-16(8-12-23)20(26)24-9-3-4-10-24/h5-6,13,15-16H,3-4,7-12H2,1-2H3,(H,22,25)/t15-/m1/s1. The first-order chi connectivity index (χ1) is 12.5. The van der Waals surface area contributed by atoms with E-state index < -0.39 is 0 Å². The Labute approximate surface area is 164 Å². The van der Waals surface area contributed by atoms with Gasteiger partial charge in [0, 0.05) is 23.5 Å². The third kappa shape index (κ3) is 4.46. The summed E-state index contributed by atoms with van der Waals surface area (Å²) in [6.07, 6.45) is 3.97. The van der Waals surface area contributed by atoms with Gasteiger partial charge in [-0.3, -0.25) is 14.5 Å². The van der Waals surface area contributed by atoms with Gasteiger partial charge in [0.05, 0.1) is 11.7 Å². The van der Waals surface area contributed by atoms with E-state index in [0.717, 1.165) is 67.6 Å². The van der Waals surface area contributed by atoms with Gasteiger partial charge in [0.1, 0.15) is 0 Å². The SMILES string of the molecule is Cc1ccc(NC(=O)[C@@H](C)N2CCC(C(=O)N3CCCC3)CC2)c(Br)c1. The number of hydrogen-bond acceptors (Lipinski definition) is 3. The van der Waals surface area contributed by atoms with Crippen molar-refractivity contribution >= 4 is 33.4 Å². The molecule has 1 aromatic rings. The Morgan fingerprint density at radius 3 is 2.42 bits per heavy atom. The molecule has 26 heavy (non-hydrogen) atoms. The Hall–Kier alpha value is -1.40. The second kappa shape index (κ2) is 8.53. The molecule has 0 spiro atoms. The fourth-order valence-corrected chi connectivity index (χ4v) is 4.45. The third-order valence-electron chi connectivity index (χ3n) is 5.61. The quantitative estimate of drug-likeness (QED) is 0.809. The van der Waals surface area contributed by atoms with Crippen molar-refractivity contribution in [2.75, 3.05) is 31.5 Å². The van der Waals surface area contributed by atoms with Crippen LogP contribution in [0.1, 0.15) is 38.2 Å². The number of benzene rings is 1. The van der Waals surface area contributed by atoms with E-state index in [1.54, 1.807) is 0 Å². The number of aryl methyl sites for hydroxylation is 1. The highest BCUT2D eigenvalue weighted by atomic mass is 79.9. The van der Waals surface area contributed by atoms with E-state index in [9.17, 15) is 9.59 Å². The second-order valence-corrected chi connectivity index (χ2v) is 8.35. The molecule has 2 aliphatic heterocycles. The highest BCUT2D eigenvalue weighted by Gasteiger charge is 2.32. The van der Waals surface area contributed by atoms with Gasteiger partial charge in [-0.1, -0.05) is 6.07 Å². The summed E-state index contributed by atoms with van der Waals surface area (Å²) in [5, 5.41) is 3.01. The van der Waals surface area contributed by atoms with Crippen molar-refractivity contribution in [3.8, 4) is 0 Å². The predicted octanol–water partition coefficient (Wildman–Crippen LogP) is 3.42. The first-order valence-electron chi connectivity index (χ1n) is 9.55. The van der Waals surface area contributed by atoms with E-state index in [2.05, 4.69) is 26.1 Å². The average molecular weight is 422 g/mol. The monoisotopic (exact) mass is 421 g/mol. The number of carbonyl (C=O) groups is 2. The van der Waals surface area contributed by atoms with Crippen LogP contribution in [0, 0.1) is 12.8 Å². The lowest BCUT2D eigenvalue weighted by molar-refractivity contribution is -0.136. The van der Waals surface area contributed by atoms with Crippen LogP contribution in [0.3, 0.4) is 0 Å². The minimum absolute atomic E-state index is 0.00104. The van der Waals surface area contributed by atoms with Gasteiger partial charge in [-0.05, 0) is 86.2 Å². The van der Waals surface area contributed by atoms with Gasteiger partial charge in [-0.2, -0.15) is 0 Å². The normalized spacial score (nSPS) is 20.2. The Morgan fingerprint density at radius 2 is 1.81 bits per heavy atom. The van der Waals surface area contributed by atoms with E-state index in [0.29, 0.717) is 5.91 Å². The van der Waals surface area contributed by atoms with E-state index in [4.69, 9.17) is 0 Å². The predicted molar refractivity (Wildman–Crippen MR) is 107 cm³/mol. The summed E-state index contributed by atoms with van der Waals surface area (Å²) in [6, 6.07) is 5.70. The van der Waals surface area contributed by atoms with Gasteiger partial charge < -0.3 is 10.2 Å². The van der Waals surface area contributed by atoms with Crippen LogP contribution in [-0.2, 0) is 9.59 Å². The molecule has 2 saturated heterocycles. The summed E-state index contributed by atoms with van der Waals surface area (Å²) in [6.45, 7) is 7.40. The molecule has 0 radical (unpaired) electrons. The van der Waals surface area contributed by atoms with Crippen LogP contribution in [-0.4, -0.2) is 53.8 Å². The smallest absolute Gasteiger partial charge is 0.241 e. The lowest BCUT2D eigenvalue weighted by atomic mass is 9.94. The Morgan fingerprint density at radius 1 is 1.15 bits per heavy atom. The molecule has 0 bridgehead atoms. The van der Waals surface area contributed by atoms with E-state index in [-0.39, 0.29) is 17.9 Å². The third-order valence-corrected chi connectivity index (χ3v) is 6.26. The van der Waals surface area contributed by atoms with Crippen LogP contribution in [0.15, 0.2) is 22.7 Å². The molecule has 3 rings (SSSR count). The largest absolute Gasteiger partial charge is 0.342 e. The molecule has 2 amide bonds. The molecule has 0 aromatic heterocycles. The first-order valence-corrected chi connectivity index (χ1v) is 10.3. The summed E-state index contributed by atoms with van der Waals surface area (Å²) in [4.78, 5) is 29.4. The fourth-order valence-electron chi connectivity index (χ4n) is 3.85. The number of amides is 2. The molecular formula is C20H28BrN3O2. The summed E-state index contributed by atoms with van der Waals surface area (Å²) in [5.41, 5.74) is 1.94. The highest BCUT2D eigenvalue weighted by Crippen LogP contribution is 2.26. The molecule has 0 saturated carbocycles. The summed E-state index contributed by atoms with van der Waals surface area (Å²) in [5.74, 6) is 0.451. The summed E-state index contributed by atoms with van der Waals surface area (Å²) < 4.78 is 0.896. The Balaban J connectivity index is 1.51. The maximum Gasteiger partial charge on any atom is 0.241 e. The first kappa shape index (κ1) is 19.4. The molecule has 5 nitrogen and oxygen atoms in total.